The van der Waals surface area contributed by atoms with Crippen molar-refractivity contribution in [2.24, 2.45) is 0 Å². The highest BCUT2D eigenvalue weighted by Gasteiger charge is 2.33. The summed E-state index contributed by atoms with van der Waals surface area (Å²) in [5.74, 6) is -0.878. The number of benzene rings is 1. The van der Waals surface area contributed by atoms with Crippen molar-refractivity contribution in [3.8, 4) is 0 Å². The third-order valence-corrected chi connectivity index (χ3v) is 7.14. The Morgan fingerprint density at radius 2 is 1.83 bits per heavy atom. The van der Waals surface area contributed by atoms with E-state index in [-0.39, 0.29) is 36.7 Å². The summed E-state index contributed by atoms with van der Waals surface area (Å²) in [5, 5.41) is 7.78. The van der Waals surface area contributed by atoms with Gasteiger partial charge in [0.05, 0.1) is 19.4 Å². The first kappa shape index (κ1) is 24.7. The van der Waals surface area contributed by atoms with Crippen LogP contribution in [0, 0.1) is 6.92 Å². The van der Waals surface area contributed by atoms with Crippen LogP contribution in [0.4, 0.5) is 0 Å². The molecule has 1 aromatic carbocycles. The Morgan fingerprint density at radius 1 is 1.06 bits per heavy atom. The molecule has 1 atom stereocenters. The minimum Gasteiger partial charge on any atom is -0.459 e. The van der Waals surface area contributed by atoms with Gasteiger partial charge in [-0.15, -0.1) is 11.3 Å². The fraction of sp³-hybridized carbons (Fsp3) is 0.370. The number of hydrogen-bond acceptors (Lipinski definition) is 5. The Labute approximate surface area is 209 Å². The molecule has 2 aromatic heterocycles. The number of furan rings is 1. The molecule has 0 spiro atoms. The number of aryl methyl sites for hydroxylation is 1. The van der Waals surface area contributed by atoms with Gasteiger partial charge in [0.1, 0.15) is 6.04 Å². The average molecular weight is 494 g/mol. The van der Waals surface area contributed by atoms with Gasteiger partial charge in [0.15, 0.2) is 5.76 Å². The molecule has 0 aliphatic heterocycles. The molecule has 3 aromatic rings. The van der Waals surface area contributed by atoms with Gasteiger partial charge in [-0.3, -0.25) is 14.4 Å². The second-order valence-corrected chi connectivity index (χ2v) is 9.95. The van der Waals surface area contributed by atoms with E-state index in [0.29, 0.717) is 0 Å². The minimum absolute atomic E-state index is 0.113. The summed E-state index contributed by atoms with van der Waals surface area (Å²) in [6, 6.07) is 14.0. The first-order valence-corrected chi connectivity index (χ1v) is 12.9. The Kier molecular flexibility index (Phi) is 8.36. The molecule has 0 radical (unpaired) electrons. The lowest BCUT2D eigenvalue weighted by atomic mass is 9.94. The average Bonchev–Trinajstić information content (AvgIpc) is 3.58. The van der Waals surface area contributed by atoms with Gasteiger partial charge in [-0.25, -0.2) is 0 Å². The Hall–Kier alpha value is -3.39. The molecule has 8 heteroatoms. The predicted octanol–water partition coefficient (Wildman–Crippen LogP) is 4.60. The van der Waals surface area contributed by atoms with Gasteiger partial charge in [-0.2, -0.15) is 0 Å². The molecule has 2 N–H and O–H groups in total. The molecule has 184 valence electrons. The summed E-state index contributed by atoms with van der Waals surface area (Å²) in [6.07, 6.45) is 6.68. The lowest BCUT2D eigenvalue weighted by Crippen LogP contribution is -2.49. The monoisotopic (exact) mass is 493 g/mol. The molecule has 0 saturated heterocycles. The second-order valence-electron chi connectivity index (χ2n) is 8.92. The van der Waals surface area contributed by atoms with Crippen molar-refractivity contribution in [1.82, 2.24) is 15.5 Å². The lowest BCUT2D eigenvalue weighted by molar-refractivity contribution is -0.141. The van der Waals surface area contributed by atoms with E-state index in [1.54, 1.807) is 11.0 Å². The van der Waals surface area contributed by atoms with Crippen molar-refractivity contribution in [2.45, 2.75) is 57.7 Å². The summed E-state index contributed by atoms with van der Waals surface area (Å²) in [4.78, 5) is 42.1. The van der Waals surface area contributed by atoms with Crippen molar-refractivity contribution >= 4 is 29.1 Å². The molecular weight excluding hydrogens is 462 g/mol. The van der Waals surface area contributed by atoms with Gasteiger partial charge in [-0.05, 0) is 48.9 Å². The fourth-order valence-corrected chi connectivity index (χ4v) is 5.10. The van der Waals surface area contributed by atoms with E-state index in [1.165, 1.54) is 30.1 Å². The molecule has 1 fully saturated rings. The summed E-state index contributed by atoms with van der Waals surface area (Å²) in [5.41, 5.74) is 1.81. The van der Waals surface area contributed by atoms with Crippen molar-refractivity contribution < 1.29 is 18.8 Å². The molecule has 1 aliphatic carbocycles. The highest BCUT2D eigenvalue weighted by Crippen LogP contribution is 2.27. The van der Waals surface area contributed by atoms with Crippen LogP contribution < -0.4 is 10.6 Å². The Balaban J connectivity index is 1.60. The van der Waals surface area contributed by atoms with Crippen LogP contribution in [0.3, 0.4) is 0 Å². The van der Waals surface area contributed by atoms with Crippen LogP contribution in [0.1, 0.15) is 64.7 Å². The molecule has 3 amide bonds. The van der Waals surface area contributed by atoms with Gasteiger partial charge in [0.2, 0.25) is 11.8 Å². The van der Waals surface area contributed by atoms with Gasteiger partial charge in [0, 0.05) is 10.9 Å². The lowest BCUT2D eigenvalue weighted by Gasteiger charge is -2.33. The predicted molar refractivity (Wildman–Crippen MR) is 135 cm³/mol. The van der Waals surface area contributed by atoms with Gasteiger partial charge in [0.25, 0.3) is 5.91 Å². The maximum Gasteiger partial charge on any atom is 0.287 e. The molecule has 1 aliphatic rings. The maximum atomic E-state index is 13.7. The van der Waals surface area contributed by atoms with E-state index >= 15 is 0 Å². The van der Waals surface area contributed by atoms with Crippen LogP contribution in [-0.2, 0) is 16.1 Å². The molecule has 1 saturated carbocycles. The topological polar surface area (TPSA) is 91.7 Å². The molecular formula is C27H31N3O4S. The molecule has 2 heterocycles. The molecule has 35 heavy (non-hydrogen) atoms. The van der Waals surface area contributed by atoms with Gasteiger partial charge < -0.3 is 20.0 Å². The van der Waals surface area contributed by atoms with Crippen molar-refractivity contribution in [3.63, 3.8) is 0 Å². The number of rotatable bonds is 9. The van der Waals surface area contributed by atoms with E-state index in [0.717, 1.165) is 41.7 Å². The second kappa shape index (κ2) is 11.8. The Bertz CT molecular complexity index is 1100. The molecule has 0 unspecified atom stereocenters. The van der Waals surface area contributed by atoms with Crippen LogP contribution in [0.25, 0.3) is 0 Å². The normalized spacial score (nSPS) is 14.8. The molecule has 4 rings (SSSR count). The van der Waals surface area contributed by atoms with Crippen LogP contribution in [0.15, 0.2) is 64.6 Å². The van der Waals surface area contributed by atoms with E-state index in [1.807, 2.05) is 48.7 Å². The highest BCUT2D eigenvalue weighted by molar-refractivity contribution is 7.09. The van der Waals surface area contributed by atoms with Crippen molar-refractivity contribution in [2.75, 3.05) is 6.54 Å². The third-order valence-electron chi connectivity index (χ3n) is 6.28. The summed E-state index contributed by atoms with van der Waals surface area (Å²) in [7, 11) is 0. The van der Waals surface area contributed by atoms with Crippen LogP contribution in [0.5, 0.6) is 0 Å². The number of amides is 3. The SMILES string of the molecule is Cc1ccc([C@H](C(=O)NC2CCCCC2)N(Cc2cccs2)C(=O)CNC(=O)c2ccco2)cc1. The minimum atomic E-state index is -0.812. The van der Waals surface area contributed by atoms with Crippen LogP contribution in [-0.4, -0.2) is 35.2 Å². The number of hydrogen-bond donors (Lipinski definition) is 2. The molecule has 7 nitrogen and oxygen atoms in total. The zero-order chi connectivity index (χ0) is 24.6. The quantitative estimate of drug-likeness (QED) is 0.456. The van der Waals surface area contributed by atoms with E-state index in [4.69, 9.17) is 4.42 Å². The highest BCUT2D eigenvalue weighted by atomic mass is 32.1. The summed E-state index contributed by atoms with van der Waals surface area (Å²) in [6.45, 7) is 2.01. The number of carbonyl (C=O) groups is 3. The van der Waals surface area contributed by atoms with Crippen molar-refractivity contribution in [3.05, 3.63) is 81.9 Å². The first-order chi connectivity index (χ1) is 17.0. The zero-order valence-electron chi connectivity index (χ0n) is 19.9. The third kappa shape index (κ3) is 6.60. The van der Waals surface area contributed by atoms with Crippen LogP contribution in [0.2, 0.25) is 0 Å². The smallest absolute Gasteiger partial charge is 0.287 e. The van der Waals surface area contributed by atoms with Gasteiger partial charge >= 0.3 is 0 Å². The van der Waals surface area contributed by atoms with Crippen LogP contribution >= 0.6 is 11.3 Å². The number of carbonyl (C=O) groups excluding carboxylic acids is 3. The summed E-state index contributed by atoms with van der Waals surface area (Å²) >= 11 is 1.53. The largest absolute Gasteiger partial charge is 0.459 e. The standard InChI is InChI=1S/C27H31N3O4S/c1-19-11-13-20(14-12-19)25(27(33)29-21-7-3-2-4-8-21)30(18-22-9-6-16-35-22)24(31)17-28-26(32)23-10-5-15-34-23/h5-6,9-16,21,25H,2-4,7-8,17-18H2,1H3,(H,28,32)(H,29,33)/t25-/m1/s1. The van der Waals surface area contributed by atoms with Crippen molar-refractivity contribution in [1.29, 1.82) is 0 Å². The Morgan fingerprint density at radius 3 is 2.49 bits per heavy atom. The zero-order valence-corrected chi connectivity index (χ0v) is 20.7. The fourth-order valence-electron chi connectivity index (χ4n) is 4.39. The maximum absolute atomic E-state index is 13.7. The number of nitrogens with one attached hydrogen (secondary N) is 2. The number of thiophene rings is 1. The number of nitrogens with zero attached hydrogens (tertiary/aromatic N) is 1. The summed E-state index contributed by atoms with van der Waals surface area (Å²) < 4.78 is 5.12. The van der Waals surface area contributed by atoms with Gasteiger partial charge in [-0.1, -0.05) is 55.2 Å². The first-order valence-electron chi connectivity index (χ1n) is 12.0. The van der Waals surface area contributed by atoms with E-state index < -0.39 is 11.9 Å². The van der Waals surface area contributed by atoms with E-state index in [2.05, 4.69) is 10.6 Å². The molecule has 0 bridgehead atoms. The van der Waals surface area contributed by atoms with E-state index in [9.17, 15) is 14.4 Å².